The lowest BCUT2D eigenvalue weighted by atomic mass is 10.0. The minimum atomic E-state index is -0.460. The third kappa shape index (κ3) is 4.97. The summed E-state index contributed by atoms with van der Waals surface area (Å²) in [5.41, 5.74) is 6.97. The van der Waals surface area contributed by atoms with Crippen LogP contribution in [0.15, 0.2) is 84.0 Å². The summed E-state index contributed by atoms with van der Waals surface area (Å²) in [4.78, 5) is 30.7. The number of carbonyl (C=O) groups is 2. The minimum absolute atomic E-state index is 0.0712. The van der Waals surface area contributed by atoms with Crippen LogP contribution in [0.4, 0.5) is 0 Å². The molecule has 200 valence electrons. The summed E-state index contributed by atoms with van der Waals surface area (Å²) in [6, 6.07) is 23.7. The standard InChI is InChI=1S/C31H25ClN4O4/c32-25-15-19(9-11-28(25)37)31(39)35-33-16-20-10-12-29(24-7-2-1-5-21(20)24)40-18-30(38)36-14-13-23-22-6-3-4-8-26(22)34-27(23)17-36/h1-12,15-16,34,37H,13-14,17-18H2,(H,35,39)/b33-16+. The Morgan fingerprint density at radius 1 is 1.02 bits per heavy atom. The van der Waals surface area contributed by atoms with Gasteiger partial charge in [0.05, 0.1) is 17.8 Å². The minimum Gasteiger partial charge on any atom is -0.506 e. The van der Waals surface area contributed by atoms with Gasteiger partial charge >= 0.3 is 0 Å². The van der Waals surface area contributed by atoms with Crippen LogP contribution in [0, 0.1) is 0 Å². The molecule has 2 amide bonds. The summed E-state index contributed by atoms with van der Waals surface area (Å²) in [6.45, 7) is 1.11. The fourth-order valence-corrected chi connectivity index (χ4v) is 5.22. The third-order valence-electron chi connectivity index (χ3n) is 7.08. The van der Waals surface area contributed by atoms with Crippen LogP contribution in [0.3, 0.4) is 0 Å². The Hall–Kier alpha value is -4.82. The van der Waals surface area contributed by atoms with Gasteiger partial charge in [0.1, 0.15) is 11.5 Å². The lowest BCUT2D eigenvalue weighted by Gasteiger charge is -2.27. The molecular weight excluding hydrogens is 528 g/mol. The molecule has 0 spiro atoms. The van der Waals surface area contributed by atoms with Crippen LogP contribution < -0.4 is 10.2 Å². The zero-order valence-corrected chi connectivity index (χ0v) is 22.1. The molecule has 4 aromatic carbocycles. The number of hydrogen-bond acceptors (Lipinski definition) is 5. The summed E-state index contributed by atoms with van der Waals surface area (Å²) >= 11 is 5.89. The molecule has 5 aromatic rings. The number of amides is 2. The summed E-state index contributed by atoms with van der Waals surface area (Å²) in [7, 11) is 0. The quantitative estimate of drug-likeness (QED) is 0.193. The fraction of sp³-hybridized carbons (Fsp3) is 0.129. The van der Waals surface area contributed by atoms with E-state index in [-0.39, 0.29) is 28.8 Å². The average Bonchev–Trinajstić information content (AvgIpc) is 3.35. The van der Waals surface area contributed by atoms with E-state index < -0.39 is 5.91 Å². The van der Waals surface area contributed by atoms with Crippen molar-refractivity contribution in [3.8, 4) is 11.5 Å². The van der Waals surface area contributed by atoms with Crippen molar-refractivity contribution in [3.05, 3.63) is 106 Å². The van der Waals surface area contributed by atoms with Gasteiger partial charge < -0.3 is 19.7 Å². The number of para-hydroxylation sites is 1. The van der Waals surface area contributed by atoms with Gasteiger partial charge in [0.15, 0.2) is 6.61 Å². The molecule has 0 radical (unpaired) electrons. The largest absolute Gasteiger partial charge is 0.506 e. The monoisotopic (exact) mass is 552 g/mol. The Morgan fingerprint density at radius 2 is 1.80 bits per heavy atom. The van der Waals surface area contributed by atoms with Crippen LogP contribution in [-0.2, 0) is 17.8 Å². The highest BCUT2D eigenvalue weighted by Crippen LogP contribution is 2.30. The number of fused-ring (bicyclic) bond motifs is 4. The topological polar surface area (TPSA) is 107 Å². The predicted octanol–water partition coefficient (Wildman–Crippen LogP) is 5.41. The predicted molar refractivity (Wildman–Crippen MR) is 155 cm³/mol. The third-order valence-corrected chi connectivity index (χ3v) is 7.39. The first-order chi connectivity index (χ1) is 19.5. The lowest BCUT2D eigenvalue weighted by molar-refractivity contribution is -0.134. The number of benzene rings is 4. The number of halogens is 1. The summed E-state index contributed by atoms with van der Waals surface area (Å²) < 4.78 is 6.01. The van der Waals surface area contributed by atoms with E-state index in [2.05, 4.69) is 27.6 Å². The highest BCUT2D eigenvalue weighted by molar-refractivity contribution is 6.32. The van der Waals surface area contributed by atoms with E-state index in [9.17, 15) is 14.7 Å². The fourth-order valence-electron chi connectivity index (χ4n) is 5.04. The molecule has 0 bridgehead atoms. The van der Waals surface area contributed by atoms with E-state index in [0.717, 1.165) is 34.0 Å². The second kappa shape index (κ2) is 10.7. The number of carbonyl (C=O) groups excluding carboxylic acids is 2. The number of nitrogens with zero attached hydrogens (tertiary/aromatic N) is 2. The average molecular weight is 553 g/mol. The van der Waals surface area contributed by atoms with Crippen molar-refractivity contribution in [2.75, 3.05) is 13.2 Å². The van der Waals surface area contributed by atoms with Gasteiger partial charge in [-0.15, -0.1) is 0 Å². The van der Waals surface area contributed by atoms with Crippen LogP contribution in [0.5, 0.6) is 11.5 Å². The van der Waals surface area contributed by atoms with E-state index in [1.165, 1.54) is 29.1 Å². The number of aromatic amines is 1. The molecule has 40 heavy (non-hydrogen) atoms. The van der Waals surface area contributed by atoms with Crippen molar-refractivity contribution in [2.45, 2.75) is 13.0 Å². The number of aromatic nitrogens is 1. The molecule has 0 unspecified atom stereocenters. The summed E-state index contributed by atoms with van der Waals surface area (Å²) in [5, 5.41) is 16.6. The Labute approximate surface area is 234 Å². The maximum absolute atomic E-state index is 13.1. The molecule has 3 N–H and O–H groups in total. The van der Waals surface area contributed by atoms with Gasteiger partial charge in [0, 0.05) is 39.7 Å². The number of phenolic OH excluding ortho intramolecular Hbond substituents is 1. The molecule has 0 atom stereocenters. The van der Waals surface area contributed by atoms with Gasteiger partial charge in [0.2, 0.25) is 0 Å². The SMILES string of the molecule is O=C(N/N=C/c1ccc(OCC(=O)N2CCc3c([nH]c4ccccc34)C2)c2ccccc12)c1ccc(O)c(Cl)c1. The first-order valence-electron chi connectivity index (χ1n) is 12.8. The molecule has 0 saturated carbocycles. The van der Waals surface area contributed by atoms with E-state index >= 15 is 0 Å². The van der Waals surface area contributed by atoms with Crippen molar-refractivity contribution >= 4 is 51.3 Å². The molecule has 1 aliphatic rings. The number of nitrogens with one attached hydrogen (secondary N) is 2. The van der Waals surface area contributed by atoms with Crippen LogP contribution in [0.2, 0.25) is 5.02 Å². The highest BCUT2D eigenvalue weighted by Gasteiger charge is 2.24. The first-order valence-corrected chi connectivity index (χ1v) is 13.2. The normalized spacial score (nSPS) is 13.1. The number of hydrogen-bond donors (Lipinski definition) is 3. The van der Waals surface area contributed by atoms with Gasteiger partial charge in [-0.3, -0.25) is 9.59 Å². The van der Waals surface area contributed by atoms with Crippen LogP contribution in [0.25, 0.3) is 21.7 Å². The van der Waals surface area contributed by atoms with Gasteiger partial charge in [0.25, 0.3) is 11.8 Å². The molecule has 2 heterocycles. The molecule has 9 heteroatoms. The van der Waals surface area contributed by atoms with E-state index in [1.54, 1.807) is 12.3 Å². The van der Waals surface area contributed by atoms with Gasteiger partial charge in [-0.25, -0.2) is 5.43 Å². The van der Waals surface area contributed by atoms with Crippen molar-refractivity contribution in [1.29, 1.82) is 0 Å². The van der Waals surface area contributed by atoms with Crippen molar-refractivity contribution < 1.29 is 19.4 Å². The second-order valence-corrected chi connectivity index (χ2v) is 9.95. The zero-order chi connectivity index (χ0) is 27.6. The molecule has 6 rings (SSSR count). The maximum Gasteiger partial charge on any atom is 0.271 e. The van der Waals surface area contributed by atoms with E-state index in [0.29, 0.717) is 18.8 Å². The molecule has 1 aromatic heterocycles. The summed E-state index contributed by atoms with van der Waals surface area (Å²) in [6.07, 6.45) is 2.35. The molecular formula is C31H25ClN4O4. The molecule has 0 aliphatic carbocycles. The first kappa shape index (κ1) is 25.5. The number of aromatic hydroxyl groups is 1. The Morgan fingerprint density at radius 3 is 2.62 bits per heavy atom. The van der Waals surface area contributed by atoms with Crippen molar-refractivity contribution in [3.63, 3.8) is 0 Å². The zero-order valence-electron chi connectivity index (χ0n) is 21.4. The van der Waals surface area contributed by atoms with Crippen LogP contribution >= 0.6 is 11.6 Å². The van der Waals surface area contributed by atoms with Crippen molar-refractivity contribution in [2.24, 2.45) is 5.10 Å². The van der Waals surface area contributed by atoms with Crippen molar-refractivity contribution in [1.82, 2.24) is 15.3 Å². The highest BCUT2D eigenvalue weighted by atomic mass is 35.5. The van der Waals surface area contributed by atoms with Gasteiger partial charge in [-0.1, -0.05) is 54.1 Å². The Bertz CT molecular complexity index is 1800. The van der Waals surface area contributed by atoms with E-state index in [4.69, 9.17) is 16.3 Å². The molecule has 8 nitrogen and oxygen atoms in total. The van der Waals surface area contributed by atoms with Crippen LogP contribution in [-0.4, -0.2) is 46.2 Å². The number of phenols is 1. The smallest absolute Gasteiger partial charge is 0.271 e. The lowest BCUT2D eigenvalue weighted by Crippen LogP contribution is -2.38. The Balaban J connectivity index is 1.13. The number of H-pyrrole nitrogens is 1. The second-order valence-electron chi connectivity index (χ2n) is 9.55. The summed E-state index contributed by atoms with van der Waals surface area (Å²) in [5.74, 6) is -0.0436. The number of hydrazone groups is 1. The molecule has 0 saturated heterocycles. The van der Waals surface area contributed by atoms with E-state index in [1.807, 2.05) is 47.4 Å². The molecule has 0 fully saturated rings. The van der Waals surface area contributed by atoms with Gasteiger partial charge in [-0.05, 0) is 53.8 Å². The number of ether oxygens (including phenoxy) is 1. The molecule has 1 aliphatic heterocycles. The maximum atomic E-state index is 13.1. The number of rotatable bonds is 6. The Kier molecular flexibility index (Phi) is 6.84. The van der Waals surface area contributed by atoms with Crippen LogP contribution in [0.1, 0.15) is 27.2 Å². The van der Waals surface area contributed by atoms with Gasteiger partial charge in [-0.2, -0.15) is 5.10 Å².